The van der Waals surface area contributed by atoms with E-state index in [0.29, 0.717) is 6.42 Å². The van der Waals surface area contributed by atoms with E-state index in [-0.39, 0.29) is 24.8 Å². The number of hydrogen-bond acceptors (Lipinski definition) is 2. The van der Waals surface area contributed by atoms with Gasteiger partial charge in [-0.2, -0.15) is 13.2 Å². The number of halogens is 3. The fourth-order valence-corrected chi connectivity index (χ4v) is 1.45. The van der Waals surface area contributed by atoms with Gasteiger partial charge in [0.2, 0.25) is 5.91 Å². The molecule has 1 aromatic rings. The Hall–Kier alpha value is -2.16. The van der Waals surface area contributed by atoms with Crippen LogP contribution in [0.15, 0.2) is 24.3 Å². The van der Waals surface area contributed by atoms with E-state index in [1.807, 2.05) is 6.92 Å². The summed E-state index contributed by atoms with van der Waals surface area (Å²) in [5, 5.41) is 2.59. The fourth-order valence-electron chi connectivity index (χ4n) is 1.45. The van der Waals surface area contributed by atoms with E-state index in [2.05, 4.69) is 17.2 Å². The summed E-state index contributed by atoms with van der Waals surface area (Å²) in [6, 6.07) is 4.60. The normalized spacial score (nSPS) is 10.5. The zero-order chi connectivity index (χ0) is 15.7. The molecular formula is C15H16F3NO2. The summed E-state index contributed by atoms with van der Waals surface area (Å²) in [7, 11) is 0. The van der Waals surface area contributed by atoms with Crippen molar-refractivity contribution in [3.05, 3.63) is 29.8 Å². The number of alkyl halides is 3. The Bertz CT molecular complexity index is 530. The van der Waals surface area contributed by atoms with E-state index in [9.17, 15) is 18.0 Å². The highest BCUT2D eigenvalue weighted by atomic mass is 19.4. The molecular weight excluding hydrogens is 283 g/mol. The quantitative estimate of drug-likeness (QED) is 0.849. The third kappa shape index (κ3) is 6.70. The molecule has 1 amide bonds. The molecule has 3 nitrogen and oxygen atoms in total. The van der Waals surface area contributed by atoms with Crippen molar-refractivity contribution in [2.75, 3.05) is 13.2 Å². The molecule has 0 heterocycles. The molecule has 0 saturated carbocycles. The summed E-state index contributed by atoms with van der Waals surface area (Å²) >= 11 is 0. The molecule has 0 bridgehead atoms. The summed E-state index contributed by atoms with van der Waals surface area (Å²) in [5.74, 6) is 5.31. The summed E-state index contributed by atoms with van der Waals surface area (Å²) in [6.07, 6.45) is -3.19. The fraction of sp³-hybridized carbons (Fsp3) is 0.400. The average molecular weight is 299 g/mol. The van der Waals surface area contributed by atoms with Crippen LogP contribution < -0.4 is 10.1 Å². The van der Waals surface area contributed by atoms with Crippen LogP contribution in [0.2, 0.25) is 0 Å². The summed E-state index contributed by atoms with van der Waals surface area (Å²) in [6.45, 7) is 2.06. The van der Waals surface area contributed by atoms with Crippen molar-refractivity contribution in [2.45, 2.75) is 25.9 Å². The number of nitrogens with one attached hydrogen (secondary N) is 1. The molecule has 0 atom stereocenters. The smallest absolute Gasteiger partial charge is 0.416 e. The number of ether oxygens (including phenoxy) is 1. The van der Waals surface area contributed by atoms with Gasteiger partial charge in [0, 0.05) is 6.42 Å². The van der Waals surface area contributed by atoms with Crippen LogP contribution in [-0.2, 0) is 11.0 Å². The van der Waals surface area contributed by atoms with Gasteiger partial charge in [-0.05, 0) is 24.6 Å². The van der Waals surface area contributed by atoms with E-state index in [1.165, 1.54) is 12.1 Å². The molecule has 0 radical (unpaired) electrons. The van der Waals surface area contributed by atoms with Crippen molar-refractivity contribution in [1.29, 1.82) is 0 Å². The predicted octanol–water partition coefficient (Wildman–Crippen LogP) is 3.00. The van der Waals surface area contributed by atoms with Crippen LogP contribution in [0.4, 0.5) is 13.2 Å². The number of carbonyl (C=O) groups is 1. The van der Waals surface area contributed by atoms with E-state index in [4.69, 9.17) is 4.74 Å². The standard InChI is InChI=1S/C15H16F3NO2/c1-2-6-14(20)19-9-3-4-10-21-13-8-5-7-12(11-13)15(16,17)18/h5,7-8,11H,2,6,9-10H2,1H3,(H,19,20). The highest BCUT2D eigenvalue weighted by molar-refractivity contribution is 5.76. The first kappa shape index (κ1) is 16.9. The van der Waals surface area contributed by atoms with Crippen molar-refractivity contribution in [2.24, 2.45) is 0 Å². The van der Waals surface area contributed by atoms with Crippen LogP contribution in [0.3, 0.4) is 0 Å². The summed E-state index contributed by atoms with van der Waals surface area (Å²) in [4.78, 5) is 11.1. The second kappa shape index (κ2) is 8.20. The average Bonchev–Trinajstić information content (AvgIpc) is 2.42. The predicted molar refractivity (Wildman–Crippen MR) is 72.6 cm³/mol. The lowest BCUT2D eigenvalue weighted by atomic mass is 10.2. The third-order valence-corrected chi connectivity index (χ3v) is 2.45. The van der Waals surface area contributed by atoms with Crippen molar-refractivity contribution in [3.63, 3.8) is 0 Å². The molecule has 1 aromatic carbocycles. The molecule has 0 aromatic heterocycles. The Kier molecular flexibility index (Phi) is 6.60. The van der Waals surface area contributed by atoms with Gasteiger partial charge in [-0.25, -0.2) is 0 Å². The topological polar surface area (TPSA) is 38.3 Å². The van der Waals surface area contributed by atoms with Gasteiger partial charge in [0.05, 0.1) is 12.1 Å². The van der Waals surface area contributed by atoms with Crippen molar-refractivity contribution in [1.82, 2.24) is 5.32 Å². The molecule has 21 heavy (non-hydrogen) atoms. The Balaban J connectivity index is 2.38. The Labute approximate surface area is 121 Å². The lowest BCUT2D eigenvalue weighted by molar-refractivity contribution is -0.137. The molecule has 0 aliphatic carbocycles. The summed E-state index contributed by atoms with van der Waals surface area (Å²) < 4.78 is 42.5. The van der Waals surface area contributed by atoms with Crippen LogP contribution in [0.25, 0.3) is 0 Å². The monoisotopic (exact) mass is 299 g/mol. The van der Waals surface area contributed by atoms with Crippen molar-refractivity contribution >= 4 is 5.91 Å². The van der Waals surface area contributed by atoms with E-state index in [1.54, 1.807) is 0 Å². The van der Waals surface area contributed by atoms with Gasteiger partial charge >= 0.3 is 6.18 Å². The first-order chi connectivity index (χ1) is 9.93. The lowest BCUT2D eigenvalue weighted by Gasteiger charge is -2.08. The van der Waals surface area contributed by atoms with Crippen LogP contribution in [0.5, 0.6) is 5.75 Å². The maximum absolute atomic E-state index is 12.5. The molecule has 0 fully saturated rings. The molecule has 0 saturated heterocycles. The first-order valence-corrected chi connectivity index (χ1v) is 6.46. The van der Waals surface area contributed by atoms with E-state index in [0.717, 1.165) is 18.6 Å². The summed E-state index contributed by atoms with van der Waals surface area (Å²) in [5.41, 5.74) is -0.764. The van der Waals surface area contributed by atoms with Crippen LogP contribution >= 0.6 is 0 Å². The largest absolute Gasteiger partial charge is 0.481 e. The van der Waals surface area contributed by atoms with Gasteiger partial charge in [-0.3, -0.25) is 4.79 Å². The first-order valence-electron chi connectivity index (χ1n) is 6.46. The molecule has 0 aliphatic heterocycles. The van der Waals surface area contributed by atoms with E-state index >= 15 is 0 Å². The highest BCUT2D eigenvalue weighted by Gasteiger charge is 2.30. The van der Waals surface area contributed by atoms with Crippen LogP contribution in [-0.4, -0.2) is 19.1 Å². The Morgan fingerprint density at radius 3 is 2.76 bits per heavy atom. The molecule has 1 N–H and O–H groups in total. The number of rotatable bonds is 5. The minimum atomic E-state index is -4.39. The van der Waals surface area contributed by atoms with Crippen LogP contribution in [0, 0.1) is 11.8 Å². The molecule has 0 spiro atoms. The Morgan fingerprint density at radius 1 is 1.33 bits per heavy atom. The third-order valence-electron chi connectivity index (χ3n) is 2.45. The minimum Gasteiger partial charge on any atom is -0.481 e. The zero-order valence-electron chi connectivity index (χ0n) is 11.6. The van der Waals surface area contributed by atoms with Crippen molar-refractivity contribution < 1.29 is 22.7 Å². The number of hydrogen-bond donors (Lipinski definition) is 1. The number of amides is 1. The molecule has 1 rings (SSSR count). The minimum absolute atomic E-state index is 0.0367. The molecule has 114 valence electrons. The number of carbonyl (C=O) groups excluding carboxylic acids is 1. The van der Waals surface area contributed by atoms with Gasteiger partial charge in [0.15, 0.2) is 0 Å². The maximum Gasteiger partial charge on any atom is 0.416 e. The van der Waals surface area contributed by atoms with Crippen LogP contribution in [0.1, 0.15) is 25.3 Å². The second-order valence-corrected chi connectivity index (χ2v) is 4.19. The van der Waals surface area contributed by atoms with Gasteiger partial charge in [0.1, 0.15) is 12.4 Å². The Morgan fingerprint density at radius 2 is 2.10 bits per heavy atom. The zero-order valence-corrected chi connectivity index (χ0v) is 11.6. The highest BCUT2D eigenvalue weighted by Crippen LogP contribution is 2.31. The SMILES string of the molecule is CCCC(=O)NCC#CCOc1cccc(C(F)(F)F)c1. The molecule has 6 heteroatoms. The number of benzene rings is 1. The second-order valence-electron chi connectivity index (χ2n) is 4.19. The van der Waals surface area contributed by atoms with Gasteiger partial charge in [-0.1, -0.05) is 24.8 Å². The maximum atomic E-state index is 12.5. The van der Waals surface area contributed by atoms with E-state index < -0.39 is 11.7 Å². The molecule has 0 unspecified atom stereocenters. The molecule has 0 aliphatic rings. The van der Waals surface area contributed by atoms with Crippen molar-refractivity contribution in [3.8, 4) is 17.6 Å². The van der Waals surface area contributed by atoms with Gasteiger partial charge in [0.25, 0.3) is 0 Å². The lowest BCUT2D eigenvalue weighted by Crippen LogP contribution is -2.22. The van der Waals surface area contributed by atoms with Gasteiger partial charge < -0.3 is 10.1 Å². The van der Waals surface area contributed by atoms with Gasteiger partial charge in [-0.15, -0.1) is 0 Å².